The average Bonchev–Trinajstić information content (AvgIpc) is 2.87. The number of benzene rings is 1. The van der Waals surface area contributed by atoms with Gasteiger partial charge >= 0.3 is 0 Å². The minimum Gasteiger partial charge on any atom is -0.506 e. The average molecular weight is 394 g/mol. The van der Waals surface area contributed by atoms with E-state index in [4.69, 9.17) is 11.6 Å². The van der Waals surface area contributed by atoms with Gasteiger partial charge < -0.3 is 10.0 Å². The van der Waals surface area contributed by atoms with Crippen LogP contribution in [0.5, 0.6) is 5.75 Å². The Kier molecular flexibility index (Phi) is 3.80. The number of anilines is 1. The first-order chi connectivity index (χ1) is 12.1. The molecule has 138 valence electrons. The van der Waals surface area contributed by atoms with Crippen molar-refractivity contribution in [3.05, 3.63) is 45.1 Å². The lowest BCUT2D eigenvalue weighted by atomic mass is 9.72. The van der Waals surface area contributed by atoms with E-state index < -0.39 is 15.3 Å². The number of sulfone groups is 1. The minimum absolute atomic E-state index is 0.0107. The molecular formula is C19H20ClNO4S. The molecule has 4 rings (SSSR count). The lowest BCUT2D eigenvalue weighted by Crippen LogP contribution is -2.38. The van der Waals surface area contributed by atoms with Crippen LogP contribution < -0.4 is 4.90 Å². The second kappa shape index (κ2) is 5.60. The maximum absolute atomic E-state index is 13.0. The zero-order valence-corrected chi connectivity index (χ0v) is 16.2. The molecule has 5 nitrogen and oxygen atoms in total. The summed E-state index contributed by atoms with van der Waals surface area (Å²) in [5.74, 6) is 0.0312. The third kappa shape index (κ3) is 2.50. The first kappa shape index (κ1) is 17.6. The fourth-order valence-electron chi connectivity index (χ4n) is 4.08. The van der Waals surface area contributed by atoms with E-state index in [-0.39, 0.29) is 23.7 Å². The number of allylic oxidation sites excluding steroid dienone is 4. The fourth-order valence-corrected chi connectivity index (χ4v) is 5.87. The van der Waals surface area contributed by atoms with Crippen molar-refractivity contribution in [3.63, 3.8) is 0 Å². The monoisotopic (exact) mass is 393 g/mol. The van der Waals surface area contributed by atoms with Crippen molar-refractivity contribution in [1.29, 1.82) is 0 Å². The number of aromatic hydroxyl groups is 1. The molecule has 0 aromatic heterocycles. The Morgan fingerprint density at radius 1 is 1.19 bits per heavy atom. The van der Waals surface area contributed by atoms with Crippen molar-refractivity contribution in [2.45, 2.75) is 39.5 Å². The van der Waals surface area contributed by atoms with Crippen LogP contribution in [0.2, 0.25) is 5.02 Å². The van der Waals surface area contributed by atoms with Gasteiger partial charge in [-0.05, 0) is 31.0 Å². The van der Waals surface area contributed by atoms with E-state index in [1.54, 1.807) is 17.0 Å². The number of rotatable bonds is 1. The van der Waals surface area contributed by atoms with Crippen LogP contribution in [0.3, 0.4) is 0 Å². The fraction of sp³-hybridized carbons (Fsp3) is 0.421. The van der Waals surface area contributed by atoms with Crippen LogP contribution in [-0.4, -0.2) is 25.1 Å². The maximum Gasteiger partial charge on any atom is 0.177 e. The highest BCUT2D eigenvalue weighted by Crippen LogP contribution is 2.50. The summed E-state index contributed by atoms with van der Waals surface area (Å²) in [6.45, 7) is 3.79. The van der Waals surface area contributed by atoms with E-state index in [9.17, 15) is 18.3 Å². The summed E-state index contributed by atoms with van der Waals surface area (Å²) in [5.41, 5.74) is 1.92. The molecular weight excluding hydrogens is 374 g/mol. The van der Waals surface area contributed by atoms with E-state index in [2.05, 4.69) is 0 Å². The molecule has 3 aliphatic rings. The van der Waals surface area contributed by atoms with Crippen LogP contribution in [0.1, 0.15) is 39.5 Å². The van der Waals surface area contributed by atoms with Crippen molar-refractivity contribution in [2.24, 2.45) is 5.41 Å². The molecule has 0 atom stereocenters. The highest BCUT2D eigenvalue weighted by atomic mass is 35.5. The van der Waals surface area contributed by atoms with Crippen LogP contribution in [0.4, 0.5) is 5.69 Å². The number of carbonyl (C=O) groups is 1. The molecule has 0 saturated heterocycles. The molecule has 0 unspecified atom stereocenters. The van der Waals surface area contributed by atoms with E-state index in [0.29, 0.717) is 46.1 Å². The molecule has 2 aliphatic heterocycles. The molecule has 2 heterocycles. The van der Waals surface area contributed by atoms with E-state index in [1.165, 1.54) is 6.07 Å². The number of Topliss-reactive ketones (excluding diaryl/α,β-unsaturated/α-hetero) is 1. The molecule has 7 heteroatoms. The molecule has 0 fully saturated rings. The Balaban J connectivity index is 1.97. The first-order valence-electron chi connectivity index (χ1n) is 8.62. The molecule has 1 aliphatic carbocycles. The summed E-state index contributed by atoms with van der Waals surface area (Å²) in [5, 5.41) is 10.9. The molecule has 0 spiro atoms. The number of ketones is 1. The number of phenolic OH excluding ortho intramolecular Hbond substituents is 1. The summed E-state index contributed by atoms with van der Waals surface area (Å²) in [6.07, 6.45) is 1.86. The maximum atomic E-state index is 13.0. The van der Waals surface area contributed by atoms with Crippen molar-refractivity contribution in [1.82, 2.24) is 0 Å². The second-order valence-corrected chi connectivity index (χ2v) is 10.3. The van der Waals surface area contributed by atoms with Crippen LogP contribution >= 0.6 is 11.6 Å². The summed E-state index contributed by atoms with van der Waals surface area (Å²) >= 11 is 6.13. The zero-order valence-electron chi connectivity index (χ0n) is 14.7. The van der Waals surface area contributed by atoms with Gasteiger partial charge in [-0.15, -0.1) is 0 Å². The van der Waals surface area contributed by atoms with Crippen LogP contribution in [0, 0.1) is 5.41 Å². The number of carbonyl (C=O) groups excluding carboxylic acids is 1. The quantitative estimate of drug-likeness (QED) is 0.782. The number of phenols is 1. The lowest BCUT2D eigenvalue weighted by Gasteiger charge is -2.41. The zero-order chi connectivity index (χ0) is 18.9. The van der Waals surface area contributed by atoms with Gasteiger partial charge in [0.1, 0.15) is 5.75 Å². The van der Waals surface area contributed by atoms with Gasteiger partial charge in [0, 0.05) is 40.2 Å². The Morgan fingerprint density at radius 2 is 1.92 bits per heavy atom. The third-order valence-corrected chi connectivity index (χ3v) is 7.69. The van der Waals surface area contributed by atoms with Crippen LogP contribution in [0.15, 0.2) is 40.1 Å². The summed E-state index contributed by atoms with van der Waals surface area (Å²) in [4.78, 5) is 15.1. The van der Waals surface area contributed by atoms with Crippen molar-refractivity contribution < 1.29 is 18.3 Å². The Labute approximate surface area is 157 Å². The molecule has 1 aromatic carbocycles. The van der Waals surface area contributed by atoms with Gasteiger partial charge in [-0.1, -0.05) is 25.4 Å². The van der Waals surface area contributed by atoms with Crippen LogP contribution in [0.25, 0.3) is 0 Å². The van der Waals surface area contributed by atoms with Gasteiger partial charge in [-0.3, -0.25) is 4.79 Å². The van der Waals surface area contributed by atoms with Gasteiger partial charge in [0.25, 0.3) is 0 Å². The second-order valence-electron chi connectivity index (χ2n) is 7.72. The van der Waals surface area contributed by atoms with E-state index in [0.717, 1.165) is 5.70 Å². The predicted octanol–water partition coefficient (Wildman–Crippen LogP) is 3.93. The number of hydrogen-bond donors (Lipinski definition) is 1. The summed E-state index contributed by atoms with van der Waals surface area (Å²) in [6, 6.07) is 4.69. The topological polar surface area (TPSA) is 74.7 Å². The van der Waals surface area contributed by atoms with Crippen molar-refractivity contribution in [2.75, 3.05) is 10.7 Å². The van der Waals surface area contributed by atoms with Gasteiger partial charge in [0.05, 0.1) is 16.3 Å². The Bertz CT molecular complexity index is 1000. The standard InChI is InChI=1S/C19H20ClNO4S/c1-19(2)7-5-13-12(18(19)23)10-17-14(6-8-26(17,24)25)21(13)15-9-11(20)3-4-16(15)22/h3-4,9,22H,5-8,10H2,1-2H3. The third-order valence-electron chi connectivity index (χ3n) is 5.58. The normalized spacial score (nSPS) is 24.0. The smallest absolute Gasteiger partial charge is 0.177 e. The molecule has 0 saturated carbocycles. The lowest BCUT2D eigenvalue weighted by molar-refractivity contribution is -0.124. The largest absolute Gasteiger partial charge is 0.506 e. The Morgan fingerprint density at radius 3 is 2.65 bits per heavy atom. The number of halogens is 1. The van der Waals surface area contributed by atoms with Crippen molar-refractivity contribution in [3.8, 4) is 5.75 Å². The highest BCUT2D eigenvalue weighted by molar-refractivity contribution is 7.95. The number of nitrogens with zero attached hydrogens (tertiary/aromatic N) is 1. The number of hydrogen-bond acceptors (Lipinski definition) is 5. The summed E-state index contributed by atoms with van der Waals surface area (Å²) < 4.78 is 25.1. The van der Waals surface area contributed by atoms with Crippen molar-refractivity contribution >= 4 is 32.9 Å². The molecule has 0 bridgehead atoms. The first-order valence-corrected chi connectivity index (χ1v) is 10.6. The molecule has 0 amide bonds. The van der Waals surface area contributed by atoms with Gasteiger partial charge in [0.15, 0.2) is 15.6 Å². The Hall–Kier alpha value is -1.79. The van der Waals surface area contributed by atoms with Gasteiger partial charge in [-0.25, -0.2) is 8.42 Å². The molecule has 0 radical (unpaired) electrons. The minimum atomic E-state index is -3.39. The predicted molar refractivity (Wildman–Crippen MR) is 101 cm³/mol. The van der Waals surface area contributed by atoms with Gasteiger partial charge in [-0.2, -0.15) is 0 Å². The van der Waals surface area contributed by atoms with E-state index >= 15 is 0 Å². The van der Waals surface area contributed by atoms with Crippen LogP contribution in [-0.2, 0) is 14.6 Å². The van der Waals surface area contributed by atoms with Gasteiger partial charge in [0.2, 0.25) is 0 Å². The summed E-state index contributed by atoms with van der Waals surface area (Å²) in [7, 11) is -3.39. The molecule has 1 N–H and O–H groups in total. The molecule has 1 aromatic rings. The van der Waals surface area contributed by atoms with E-state index in [1.807, 2.05) is 13.8 Å². The highest BCUT2D eigenvalue weighted by Gasteiger charge is 2.45. The molecule has 26 heavy (non-hydrogen) atoms. The SMILES string of the molecule is CC1(C)CCC2=C(CC3=C(CCS3(=O)=O)N2c2cc(Cl)ccc2O)C1=O.